The van der Waals surface area contributed by atoms with Crippen molar-refractivity contribution < 1.29 is 31.4 Å². The molecule has 0 unspecified atom stereocenters. The molecule has 38 heavy (non-hydrogen) atoms. The van der Waals surface area contributed by atoms with Crippen LogP contribution in [0.5, 0.6) is 5.75 Å². The summed E-state index contributed by atoms with van der Waals surface area (Å²) in [7, 11) is 0. The summed E-state index contributed by atoms with van der Waals surface area (Å²) in [5, 5.41) is 22.2. The first-order valence-electron chi connectivity index (χ1n) is 11.5. The van der Waals surface area contributed by atoms with E-state index in [1.807, 2.05) is 6.07 Å². The van der Waals surface area contributed by atoms with Crippen molar-refractivity contribution in [3.63, 3.8) is 0 Å². The normalized spacial score (nSPS) is 11.8. The first-order chi connectivity index (χ1) is 18.2. The van der Waals surface area contributed by atoms with Crippen molar-refractivity contribution in [2.24, 2.45) is 0 Å². The number of fused-ring (bicyclic) bond motifs is 1. The average molecular weight is 560 g/mol. The molecule has 0 aliphatic rings. The Morgan fingerprint density at radius 2 is 1.74 bits per heavy atom. The summed E-state index contributed by atoms with van der Waals surface area (Å²) < 4.78 is 74.9. The number of nitrogens with one attached hydrogen (secondary N) is 3. The highest BCUT2D eigenvalue weighted by Gasteiger charge is 2.34. The third-order valence-corrected chi connectivity index (χ3v) is 5.79. The van der Waals surface area contributed by atoms with E-state index in [0.717, 1.165) is 36.0 Å². The Labute approximate surface area is 218 Å². The van der Waals surface area contributed by atoms with Gasteiger partial charge in [0.2, 0.25) is 5.75 Å². The van der Waals surface area contributed by atoms with E-state index in [2.05, 4.69) is 35.8 Å². The van der Waals surface area contributed by atoms with E-state index in [9.17, 15) is 22.0 Å². The van der Waals surface area contributed by atoms with Crippen LogP contribution in [0.3, 0.4) is 0 Å². The van der Waals surface area contributed by atoms with E-state index in [1.165, 1.54) is 0 Å². The van der Waals surface area contributed by atoms with Gasteiger partial charge in [-0.1, -0.05) is 11.6 Å². The van der Waals surface area contributed by atoms with Crippen molar-refractivity contribution in [1.29, 1.82) is 0 Å². The zero-order valence-electron chi connectivity index (χ0n) is 19.8. The highest BCUT2D eigenvalue weighted by atomic mass is 35.5. The van der Waals surface area contributed by atoms with Crippen LogP contribution in [0.1, 0.15) is 18.4 Å². The first-order valence-corrected chi connectivity index (χ1v) is 11.9. The Morgan fingerprint density at radius 1 is 1.00 bits per heavy atom. The molecule has 0 fully saturated rings. The van der Waals surface area contributed by atoms with Crippen molar-refractivity contribution in [2.75, 3.05) is 31.6 Å². The fourth-order valence-electron chi connectivity index (χ4n) is 3.70. The van der Waals surface area contributed by atoms with Crippen LogP contribution in [0.25, 0.3) is 16.6 Å². The van der Waals surface area contributed by atoms with Crippen LogP contribution in [-0.2, 0) is 11.3 Å². The van der Waals surface area contributed by atoms with E-state index in [1.54, 1.807) is 23.4 Å². The van der Waals surface area contributed by atoms with Crippen molar-refractivity contribution in [2.45, 2.75) is 25.7 Å². The van der Waals surface area contributed by atoms with Gasteiger partial charge in [-0.05, 0) is 43.1 Å². The summed E-state index contributed by atoms with van der Waals surface area (Å²) in [5.74, 6) is -4.29. The first kappa shape index (κ1) is 27.5. The van der Waals surface area contributed by atoms with Gasteiger partial charge in [-0.2, -0.15) is 5.10 Å². The molecular formula is C23H23ClF5N7O2. The third-order valence-electron chi connectivity index (χ3n) is 5.41. The molecular weight excluding hydrogens is 537 g/mol. The second kappa shape index (κ2) is 12.4. The molecule has 0 bridgehead atoms. The van der Waals surface area contributed by atoms with E-state index in [-0.39, 0.29) is 12.1 Å². The highest BCUT2D eigenvalue weighted by molar-refractivity contribution is 6.37. The SMILES string of the molecule is Fc1cc(CNCCCCOCCNc2cc(-n3cnnc3)c(Cl)c3[nH]ncc23)cc(F)c1OC(F)(F)F. The number of unbranched alkanes of at least 4 members (excludes halogenated alkanes) is 1. The van der Waals surface area contributed by atoms with Crippen LogP contribution in [0.15, 0.2) is 37.1 Å². The molecule has 4 aromatic rings. The molecule has 0 atom stereocenters. The smallest absolute Gasteiger partial charge is 0.399 e. The number of alkyl halides is 3. The molecule has 4 rings (SSSR count). The van der Waals surface area contributed by atoms with Crippen LogP contribution < -0.4 is 15.4 Å². The largest absolute Gasteiger partial charge is 0.573 e. The van der Waals surface area contributed by atoms with Crippen LogP contribution in [0.4, 0.5) is 27.6 Å². The molecule has 15 heteroatoms. The lowest BCUT2D eigenvalue weighted by Crippen LogP contribution is -2.20. The zero-order valence-corrected chi connectivity index (χ0v) is 20.5. The number of halogens is 6. The number of hydrogen-bond acceptors (Lipinski definition) is 7. The second-order valence-electron chi connectivity index (χ2n) is 8.14. The maximum atomic E-state index is 13.8. The molecule has 2 aromatic carbocycles. The number of benzene rings is 2. The summed E-state index contributed by atoms with van der Waals surface area (Å²) in [6.45, 7) is 2.10. The molecule has 0 saturated heterocycles. The molecule has 2 heterocycles. The van der Waals surface area contributed by atoms with Crippen LogP contribution >= 0.6 is 11.6 Å². The van der Waals surface area contributed by atoms with E-state index < -0.39 is 23.7 Å². The lowest BCUT2D eigenvalue weighted by molar-refractivity contribution is -0.276. The van der Waals surface area contributed by atoms with Gasteiger partial charge in [-0.25, -0.2) is 8.78 Å². The Balaban J connectivity index is 1.14. The number of ether oxygens (including phenoxy) is 2. The minimum atomic E-state index is -5.18. The quantitative estimate of drug-likeness (QED) is 0.157. The summed E-state index contributed by atoms with van der Waals surface area (Å²) >= 11 is 6.50. The Morgan fingerprint density at radius 3 is 2.45 bits per heavy atom. The summed E-state index contributed by atoms with van der Waals surface area (Å²) in [5.41, 5.74) is 2.36. The molecule has 204 valence electrons. The Kier molecular flexibility index (Phi) is 8.97. The van der Waals surface area contributed by atoms with Gasteiger partial charge in [0.05, 0.1) is 29.0 Å². The maximum absolute atomic E-state index is 13.8. The summed E-state index contributed by atoms with van der Waals surface area (Å²) in [6, 6.07) is 3.49. The van der Waals surface area contributed by atoms with Crippen LogP contribution in [-0.4, -0.2) is 57.6 Å². The van der Waals surface area contributed by atoms with Crippen molar-refractivity contribution >= 4 is 28.2 Å². The van der Waals surface area contributed by atoms with Gasteiger partial charge in [-0.3, -0.25) is 9.67 Å². The predicted octanol–water partition coefficient (Wildman–Crippen LogP) is 4.97. The molecule has 0 spiro atoms. The predicted molar refractivity (Wildman–Crippen MR) is 129 cm³/mol. The number of hydrogen-bond donors (Lipinski definition) is 3. The molecule has 3 N–H and O–H groups in total. The van der Waals surface area contributed by atoms with E-state index in [0.29, 0.717) is 42.5 Å². The minimum Gasteiger partial charge on any atom is -0.399 e. The molecule has 9 nitrogen and oxygen atoms in total. The maximum Gasteiger partial charge on any atom is 0.573 e. The number of aromatic nitrogens is 5. The van der Waals surface area contributed by atoms with Gasteiger partial charge in [-0.15, -0.1) is 23.4 Å². The standard InChI is InChI=1S/C23H23ClF5N7O2/c24-20-19(36-12-33-34-13-36)9-18(15-11-32-35-21(15)20)31-4-6-37-5-2-1-3-30-10-14-7-16(25)22(17(26)8-14)38-23(27,28)29/h7-9,11-13,30-31H,1-6,10H2,(H,32,35). The summed E-state index contributed by atoms with van der Waals surface area (Å²) in [6.07, 6.45) is 1.06. The van der Waals surface area contributed by atoms with E-state index in [4.69, 9.17) is 16.3 Å². The van der Waals surface area contributed by atoms with Gasteiger partial charge in [0.15, 0.2) is 11.6 Å². The molecule has 0 amide bonds. The monoisotopic (exact) mass is 559 g/mol. The fourth-order valence-corrected chi connectivity index (χ4v) is 3.99. The van der Waals surface area contributed by atoms with Gasteiger partial charge < -0.3 is 20.1 Å². The van der Waals surface area contributed by atoms with Crippen LogP contribution in [0, 0.1) is 11.6 Å². The third kappa shape index (κ3) is 7.08. The topological polar surface area (TPSA) is 102 Å². The van der Waals surface area contributed by atoms with Gasteiger partial charge in [0.1, 0.15) is 12.7 Å². The fraction of sp³-hybridized carbons (Fsp3) is 0.348. The average Bonchev–Trinajstić information content (AvgIpc) is 3.56. The van der Waals surface area contributed by atoms with E-state index >= 15 is 0 Å². The number of aromatic amines is 1. The number of nitrogens with zero attached hydrogens (tertiary/aromatic N) is 4. The van der Waals surface area contributed by atoms with Crippen molar-refractivity contribution in [1.82, 2.24) is 30.3 Å². The van der Waals surface area contributed by atoms with Crippen molar-refractivity contribution in [3.05, 3.63) is 59.3 Å². The molecule has 0 aliphatic carbocycles. The van der Waals surface area contributed by atoms with Crippen molar-refractivity contribution in [3.8, 4) is 11.4 Å². The molecule has 2 aromatic heterocycles. The Bertz CT molecular complexity index is 1330. The van der Waals surface area contributed by atoms with Gasteiger partial charge in [0, 0.05) is 30.8 Å². The number of rotatable bonds is 13. The molecule has 0 saturated carbocycles. The second-order valence-corrected chi connectivity index (χ2v) is 8.52. The Hall–Kier alpha value is -3.49. The summed E-state index contributed by atoms with van der Waals surface area (Å²) in [4.78, 5) is 0. The van der Waals surface area contributed by atoms with Gasteiger partial charge in [0.25, 0.3) is 0 Å². The lowest BCUT2D eigenvalue weighted by Gasteiger charge is -2.13. The highest BCUT2D eigenvalue weighted by Crippen LogP contribution is 2.34. The molecule has 0 aliphatic heterocycles. The van der Waals surface area contributed by atoms with Crippen LogP contribution in [0.2, 0.25) is 5.02 Å². The number of anilines is 1. The number of H-pyrrole nitrogens is 1. The minimum absolute atomic E-state index is 0.0889. The van der Waals surface area contributed by atoms with Gasteiger partial charge >= 0.3 is 6.36 Å². The lowest BCUT2D eigenvalue weighted by atomic mass is 10.2. The zero-order chi connectivity index (χ0) is 27.1. The molecule has 0 radical (unpaired) electrons.